The van der Waals surface area contributed by atoms with E-state index in [2.05, 4.69) is 15.4 Å². The van der Waals surface area contributed by atoms with Crippen LogP contribution in [-0.2, 0) is 27.8 Å². The minimum Gasteiger partial charge on any atom is -0.352 e. The highest BCUT2D eigenvalue weighted by Crippen LogP contribution is 2.21. The number of nitrogens with one attached hydrogen (secondary N) is 1. The van der Waals surface area contributed by atoms with Crippen molar-refractivity contribution in [2.75, 3.05) is 13.1 Å². The van der Waals surface area contributed by atoms with Gasteiger partial charge in [-0.15, -0.1) is 0 Å². The van der Waals surface area contributed by atoms with Crippen LogP contribution in [0.5, 0.6) is 0 Å². The average Bonchev–Trinajstić information content (AvgIpc) is 3.18. The quantitative estimate of drug-likeness (QED) is 0.574. The minimum atomic E-state index is -3.44. The number of hydrogen-bond donors (Lipinski definition) is 1. The van der Waals surface area contributed by atoms with Crippen LogP contribution in [0, 0.1) is 20.8 Å². The molecule has 1 aliphatic heterocycles. The number of sulfonamides is 1. The SMILES string of the molecule is Cc1cc2nc(C)c(CCC(=O)NCc3ccc(S(=O)(=O)N4CCCCC4)cc3)c(C)n2n1. The molecule has 176 valence electrons. The van der Waals surface area contributed by atoms with Gasteiger partial charge in [-0.05, 0) is 63.3 Å². The van der Waals surface area contributed by atoms with E-state index in [0.29, 0.717) is 37.4 Å². The topological polar surface area (TPSA) is 96.7 Å². The fraction of sp³-hybridized carbons (Fsp3) is 0.458. The van der Waals surface area contributed by atoms with Crippen molar-refractivity contribution >= 4 is 21.6 Å². The lowest BCUT2D eigenvalue weighted by Gasteiger charge is -2.25. The van der Waals surface area contributed by atoms with E-state index in [4.69, 9.17) is 0 Å². The van der Waals surface area contributed by atoms with Gasteiger partial charge < -0.3 is 5.32 Å². The first-order chi connectivity index (χ1) is 15.8. The van der Waals surface area contributed by atoms with E-state index in [0.717, 1.165) is 53.1 Å². The van der Waals surface area contributed by atoms with Gasteiger partial charge >= 0.3 is 0 Å². The number of carbonyl (C=O) groups excluding carboxylic acids is 1. The van der Waals surface area contributed by atoms with Crippen molar-refractivity contribution in [1.29, 1.82) is 0 Å². The predicted octanol–water partition coefficient (Wildman–Crippen LogP) is 3.08. The van der Waals surface area contributed by atoms with Crippen LogP contribution in [0.15, 0.2) is 35.2 Å². The number of hydrogen-bond acceptors (Lipinski definition) is 5. The molecular formula is C24H31N5O3S. The van der Waals surface area contributed by atoms with Crippen molar-refractivity contribution in [3.8, 4) is 0 Å². The zero-order valence-electron chi connectivity index (χ0n) is 19.5. The molecule has 33 heavy (non-hydrogen) atoms. The van der Waals surface area contributed by atoms with Gasteiger partial charge in [0.2, 0.25) is 15.9 Å². The summed E-state index contributed by atoms with van der Waals surface area (Å²) in [5.74, 6) is -0.0597. The third kappa shape index (κ3) is 5.09. The zero-order chi connectivity index (χ0) is 23.6. The number of piperidine rings is 1. The molecular weight excluding hydrogens is 438 g/mol. The second-order valence-electron chi connectivity index (χ2n) is 8.70. The molecule has 0 radical (unpaired) electrons. The van der Waals surface area contributed by atoms with Gasteiger partial charge in [0.05, 0.1) is 10.6 Å². The Labute approximate surface area is 195 Å². The van der Waals surface area contributed by atoms with E-state index >= 15 is 0 Å². The number of fused-ring (bicyclic) bond motifs is 1. The van der Waals surface area contributed by atoms with Crippen molar-refractivity contribution in [3.05, 3.63) is 58.5 Å². The normalized spacial score (nSPS) is 15.1. The smallest absolute Gasteiger partial charge is 0.243 e. The summed E-state index contributed by atoms with van der Waals surface area (Å²) in [7, 11) is -3.44. The molecule has 1 amide bonds. The lowest BCUT2D eigenvalue weighted by atomic mass is 10.1. The van der Waals surface area contributed by atoms with Crippen molar-refractivity contribution < 1.29 is 13.2 Å². The Balaban J connectivity index is 1.33. The number of carbonyl (C=O) groups is 1. The largest absolute Gasteiger partial charge is 0.352 e. The van der Waals surface area contributed by atoms with Crippen molar-refractivity contribution in [1.82, 2.24) is 24.2 Å². The van der Waals surface area contributed by atoms with Crippen LogP contribution < -0.4 is 5.32 Å². The third-order valence-corrected chi connectivity index (χ3v) is 8.17. The lowest BCUT2D eigenvalue weighted by molar-refractivity contribution is -0.121. The van der Waals surface area contributed by atoms with Gasteiger partial charge in [0.1, 0.15) is 0 Å². The molecule has 0 spiro atoms. The molecule has 3 aromatic rings. The molecule has 3 heterocycles. The summed E-state index contributed by atoms with van der Waals surface area (Å²) in [6.07, 6.45) is 3.83. The summed E-state index contributed by atoms with van der Waals surface area (Å²) in [6, 6.07) is 8.74. The lowest BCUT2D eigenvalue weighted by Crippen LogP contribution is -2.35. The average molecular weight is 470 g/mol. The molecule has 1 N–H and O–H groups in total. The maximum atomic E-state index is 12.8. The van der Waals surface area contributed by atoms with Crippen LogP contribution in [0.1, 0.15) is 53.9 Å². The number of aryl methyl sites for hydroxylation is 3. The Morgan fingerprint density at radius 3 is 2.45 bits per heavy atom. The molecule has 9 heteroatoms. The number of rotatable bonds is 7. The standard InChI is InChI=1S/C24H31N5O3S/c1-17-15-23-26-18(2)22(19(3)29(23)27-17)11-12-24(30)25-16-20-7-9-21(10-8-20)33(31,32)28-13-5-4-6-14-28/h7-10,15H,4-6,11-14,16H2,1-3H3,(H,25,30). The van der Waals surface area contributed by atoms with Crippen molar-refractivity contribution in [2.24, 2.45) is 0 Å². The van der Waals surface area contributed by atoms with Gasteiger partial charge in [-0.1, -0.05) is 18.6 Å². The van der Waals surface area contributed by atoms with E-state index < -0.39 is 10.0 Å². The maximum Gasteiger partial charge on any atom is 0.243 e. The molecule has 0 aliphatic carbocycles. The van der Waals surface area contributed by atoms with Crippen LogP contribution in [-0.4, -0.2) is 46.3 Å². The zero-order valence-corrected chi connectivity index (χ0v) is 20.3. The molecule has 0 bridgehead atoms. The Morgan fingerprint density at radius 2 is 1.76 bits per heavy atom. The number of benzene rings is 1. The van der Waals surface area contributed by atoms with Gasteiger partial charge in [-0.25, -0.2) is 17.9 Å². The second kappa shape index (κ2) is 9.61. The first-order valence-electron chi connectivity index (χ1n) is 11.4. The van der Waals surface area contributed by atoms with Crippen LogP contribution in [0.2, 0.25) is 0 Å². The summed E-state index contributed by atoms with van der Waals surface area (Å²) < 4.78 is 28.9. The monoisotopic (exact) mass is 469 g/mol. The van der Waals surface area contributed by atoms with Gasteiger partial charge in [-0.3, -0.25) is 4.79 Å². The Kier molecular flexibility index (Phi) is 6.81. The minimum absolute atomic E-state index is 0.0597. The van der Waals surface area contributed by atoms with Crippen LogP contribution in [0.3, 0.4) is 0 Å². The molecule has 0 unspecified atom stereocenters. The summed E-state index contributed by atoms with van der Waals surface area (Å²) in [5, 5.41) is 7.41. The highest BCUT2D eigenvalue weighted by atomic mass is 32.2. The fourth-order valence-corrected chi connectivity index (χ4v) is 5.88. The molecule has 1 aliphatic rings. The number of nitrogens with zero attached hydrogens (tertiary/aromatic N) is 4. The Bertz CT molecular complexity index is 1260. The van der Waals surface area contributed by atoms with E-state index in [1.165, 1.54) is 0 Å². The summed E-state index contributed by atoms with van der Waals surface area (Å²) >= 11 is 0. The molecule has 0 atom stereocenters. The first kappa shape index (κ1) is 23.4. The summed E-state index contributed by atoms with van der Waals surface area (Å²) in [5.41, 5.74) is 5.55. The van der Waals surface area contributed by atoms with Crippen molar-refractivity contribution in [3.63, 3.8) is 0 Å². The summed E-state index contributed by atoms with van der Waals surface area (Å²) in [6.45, 7) is 7.43. The van der Waals surface area contributed by atoms with E-state index in [1.807, 2.05) is 31.4 Å². The van der Waals surface area contributed by atoms with E-state index in [9.17, 15) is 13.2 Å². The molecule has 4 rings (SSSR count). The molecule has 0 saturated carbocycles. The number of aromatic nitrogens is 3. The predicted molar refractivity (Wildman–Crippen MR) is 126 cm³/mol. The van der Waals surface area contributed by atoms with Crippen LogP contribution in [0.4, 0.5) is 0 Å². The van der Waals surface area contributed by atoms with Crippen LogP contribution >= 0.6 is 0 Å². The van der Waals surface area contributed by atoms with Gasteiger partial charge in [0.25, 0.3) is 0 Å². The Hall–Kier alpha value is -2.78. The molecule has 2 aromatic heterocycles. The highest BCUT2D eigenvalue weighted by Gasteiger charge is 2.25. The molecule has 8 nitrogen and oxygen atoms in total. The van der Waals surface area contributed by atoms with Gasteiger partial charge in [-0.2, -0.15) is 9.40 Å². The van der Waals surface area contributed by atoms with E-state index in [1.54, 1.807) is 28.6 Å². The first-order valence-corrected chi connectivity index (χ1v) is 12.9. The number of amides is 1. The van der Waals surface area contributed by atoms with Crippen LogP contribution in [0.25, 0.3) is 5.65 Å². The maximum absolute atomic E-state index is 12.8. The Morgan fingerprint density at radius 1 is 1.06 bits per heavy atom. The van der Waals surface area contributed by atoms with Crippen molar-refractivity contribution in [2.45, 2.75) is 64.3 Å². The third-order valence-electron chi connectivity index (χ3n) is 6.25. The van der Waals surface area contributed by atoms with E-state index in [-0.39, 0.29) is 5.91 Å². The fourth-order valence-electron chi connectivity index (χ4n) is 4.36. The summed E-state index contributed by atoms with van der Waals surface area (Å²) in [4.78, 5) is 17.4. The van der Waals surface area contributed by atoms with Gasteiger partial charge in [0, 0.05) is 43.5 Å². The molecule has 1 fully saturated rings. The second-order valence-corrected chi connectivity index (χ2v) is 10.6. The highest BCUT2D eigenvalue weighted by molar-refractivity contribution is 7.89. The van der Waals surface area contributed by atoms with Gasteiger partial charge in [0.15, 0.2) is 5.65 Å². The molecule has 1 saturated heterocycles. The molecule has 1 aromatic carbocycles.